The Balaban J connectivity index is 2.82. The summed E-state index contributed by atoms with van der Waals surface area (Å²) in [6.45, 7) is 6.82. The second kappa shape index (κ2) is 4.47. The van der Waals surface area contributed by atoms with Gasteiger partial charge >= 0.3 is 0 Å². The Bertz CT molecular complexity index is 277. The molecule has 1 rings (SSSR count). The monoisotopic (exact) mass is 193 g/mol. The van der Waals surface area contributed by atoms with Gasteiger partial charge in [-0.3, -0.25) is 0 Å². The van der Waals surface area contributed by atoms with Crippen LogP contribution in [0.15, 0.2) is 24.3 Å². The summed E-state index contributed by atoms with van der Waals surface area (Å²) < 4.78 is 5.37. The summed E-state index contributed by atoms with van der Waals surface area (Å²) in [6.07, 6.45) is 0.932. The van der Waals surface area contributed by atoms with Gasteiger partial charge in [-0.15, -0.1) is 0 Å². The van der Waals surface area contributed by atoms with E-state index < -0.39 is 0 Å². The van der Waals surface area contributed by atoms with Crippen LogP contribution in [0.1, 0.15) is 32.8 Å². The molecule has 1 unspecified atom stereocenters. The van der Waals surface area contributed by atoms with E-state index in [2.05, 4.69) is 6.92 Å². The first-order valence-corrected chi connectivity index (χ1v) is 5.12. The van der Waals surface area contributed by atoms with Crippen LogP contribution < -0.4 is 10.5 Å². The third-order valence-electron chi connectivity index (χ3n) is 2.56. The highest BCUT2D eigenvalue weighted by atomic mass is 16.5. The number of ether oxygens (including phenoxy) is 1. The molecule has 2 heteroatoms. The Morgan fingerprint density at radius 2 is 1.79 bits per heavy atom. The zero-order chi connectivity index (χ0) is 10.6. The van der Waals surface area contributed by atoms with Crippen molar-refractivity contribution in [2.24, 2.45) is 5.73 Å². The van der Waals surface area contributed by atoms with Crippen LogP contribution in [0.25, 0.3) is 0 Å². The van der Waals surface area contributed by atoms with Gasteiger partial charge in [0, 0.05) is 5.54 Å². The van der Waals surface area contributed by atoms with Crippen LogP contribution in [-0.2, 0) is 5.54 Å². The van der Waals surface area contributed by atoms with E-state index in [0.717, 1.165) is 17.7 Å². The molecule has 0 spiro atoms. The fourth-order valence-corrected chi connectivity index (χ4v) is 1.30. The van der Waals surface area contributed by atoms with E-state index in [1.54, 1.807) is 0 Å². The predicted molar refractivity (Wildman–Crippen MR) is 59.4 cm³/mol. The molecule has 0 amide bonds. The number of nitrogens with two attached hydrogens (primary N) is 1. The lowest BCUT2D eigenvalue weighted by Gasteiger charge is -2.23. The van der Waals surface area contributed by atoms with Gasteiger partial charge in [0.15, 0.2) is 0 Å². The molecule has 0 radical (unpaired) electrons. The van der Waals surface area contributed by atoms with Crippen molar-refractivity contribution in [1.29, 1.82) is 0 Å². The lowest BCUT2D eigenvalue weighted by molar-refractivity contribution is 0.339. The molecule has 2 nitrogen and oxygen atoms in total. The average molecular weight is 193 g/mol. The maximum absolute atomic E-state index is 6.12. The molecule has 2 N–H and O–H groups in total. The standard InChI is InChI=1S/C12H19NO/c1-4-12(3,13)10-6-8-11(9-7-10)14-5-2/h6-9H,4-5,13H2,1-3H3. The summed E-state index contributed by atoms with van der Waals surface area (Å²) in [7, 11) is 0. The highest BCUT2D eigenvalue weighted by molar-refractivity contribution is 5.31. The molecule has 0 aliphatic heterocycles. The summed E-state index contributed by atoms with van der Waals surface area (Å²) in [5, 5.41) is 0. The SMILES string of the molecule is CCOc1ccc(C(C)(N)CC)cc1. The predicted octanol–water partition coefficient (Wildman–Crippen LogP) is 2.67. The molecule has 1 atom stereocenters. The van der Waals surface area contributed by atoms with Crippen LogP contribution in [0.4, 0.5) is 0 Å². The minimum atomic E-state index is -0.231. The number of benzene rings is 1. The first kappa shape index (κ1) is 11.1. The van der Waals surface area contributed by atoms with E-state index in [1.165, 1.54) is 0 Å². The molecular weight excluding hydrogens is 174 g/mol. The molecule has 0 aliphatic rings. The second-order valence-electron chi connectivity index (χ2n) is 3.73. The summed E-state index contributed by atoms with van der Waals surface area (Å²) in [5.41, 5.74) is 7.05. The van der Waals surface area contributed by atoms with Crippen molar-refractivity contribution in [2.75, 3.05) is 6.61 Å². The summed E-state index contributed by atoms with van der Waals surface area (Å²) >= 11 is 0. The zero-order valence-electron chi connectivity index (χ0n) is 9.21. The van der Waals surface area contributed by atoms with E-state index in [1.807, 2.05) is 38.1 Å². The van der Waals surface area contributed by atoms with Crippen LogP contribution in [0, 0.1) is 0 Å². The average Bonchev–Trinajstić information content (AvgIpc) is 2.19. The van der Waals surface area contributed by atoms with Gasteiger partial charge in [0.05, 0.1) is 6.61 Å². The Morgan fingerprint density at radius 3 is 2.21 bits per heavy atom. The number of hydrogen-bond donors (Lipinski definition) is 1. The lowest BCUT2D eigenvalue weighted by Crippen LogP contribution is -2.31. The van der Waals surface area contributed by atoms with E-state index in [9.17, 15) is 0 Å². The normalized spacial score (nSPS) is 14.9. The van der Waals surface area contributed by atoms with Crippen molar-refractivity contribution in [3.05, 3.63) is 29.8 Å². The Hall–Kier alpha value is -1.02. The van der Waals surface area contributed by atoms with E-state index >= 15 is 0 Å². The minimum Gasteiger partial charge on any atom is -0.494 e. The van der Waals surface area contributed by atoms with Gasteiger partial charge in [0.2, 0.25) is 0 Å². The van der Waals surface area contributed by atoms with E-state index in [0.29, 0.717) is 6.61 Å². The molecule has 0 aromatic heterocycles. The molecule has 0 fully saturated rings. The Morgan fingerprint density at radius 1 is 1.21 bits per heavy atom. The molecule has 0 bridgehead atoms. The van der Waals surface area contributed by atoms with Crippen molar-refractivity contribution in [2.45, 2.75) is 32.7 Å². The third kappa shape index (κ3) is 2.48. The van der Waals surface area contributed by atoms with Gasteiger partial charge in [-0.25, -0.2) is 0 Å². The fraction of sp³-hybridized carbons (Fsp3) is 0.500. The molecular formula is C12H19NO. The van der Waals surface area contributed by atoms with Gasteiger partial charge in [0.1, 0.15) is 5.75 Å². The zero-order valence-corrected chi connectivity index (χ0v) is 9.21. The number of rotatable bonds is 4. The van der Waals surface area contributed by atoms with Crippen molar-refractivity contribution >= 4 is 0 Å². The smallest absolute Gasteiger partial charge is 0.119 e. The lowest BCUT2D eigenvalue weighted by atomic mass is 9.91. The van der Waals surface area contributed by atoms with Crippen molar-refractivity contribution in [1.82, 2.24) is 0 Å². The maximum atomic E-state index is 6.12. The number of hydrogen-bond acceptors (Lipinski definition) is 2. The van der Waals surface area contributed by atoms with Gasteiger partial charge in [-0.05, 0) is 38.0 Å². The van der Waals surface area contributed by atoms with Gasteiger partial charge in [-0.1, -0.05) is 19.1 Å². The molecule has 0 saturated carbocycles. The van der Waals surface area contributed by atoms with Crippen LogP contribution in [0.5, 0.6) is 5.75 Å². The molecule has 0 heterocycles. The highest BCUT2D eigenvalue weighted by Gasteiger charge is 2.17. The largest absolute Gasteiger partial charge is 0.494 e. The van der Waals surface area contributed by atoms with Crippen molar-refractivity contribution in [3.8, 4) is 5.75 Å². The molecule has 14 heavy (non-hydrogen) atoms. The van der Waals surface area contributed by atoms with E-state index in [-0.39, 0.29) is 5.54 Å². The maximum Gasteiger partial charge on any atom is 0.119 e. The minimum absolute atomic E-state index is 0.231. The van der Waals surface area contributed by atoms with Crippen molar-refractivity contribution < 1.29 is 4.74 Å². The van der Waals surface area contributed by atoms with Crippen LogP contribution in [0.3, 0.4) is 0 Å². The molecule has 1 aromatic carbocycles. The quantitative estimate of drug-likeness (QED) is 0.798. The van der Waals surface area contributed by atoms with Crippen LogP contribution >= 0.6 is 0 Å². The van der Waals surface area contributed by atoms with Crippen LogP contribution in [-0.4, -0.2) is 6.61 Å². The molecule has 78 valence electrons. The molecule has 1 aromatic rings. The topological polar surface area (TPSA) is 35.2 Å². The molecule has 0 saturated heterocycles. The first-order chi connectivity index (χ1) is 6.60. The van der Waals surface area contributed by atoms with Gasteiger partial charge < -0.3 is 10.5 Å². The summed E-state index contributed by atoms with van der Waals surface area (Å²) in [5.74, 6) is 0.906. The third-order valence-corrected chi connectivity index (χ3v) is 2.56. The Kier molecular flexibility index (Phi) is 3.53. The first-order valence-electron chi connectivity index (χ1n) is 5.12. The van der Waals surface area contributed by atoms with Gasteiger partial charge in [0.25, 0.3) is 0 Å². The highest BCUT2D eigenvalue weighted by Crippen LogP contribution is 2.23. The molecule has 0 aliphatic carbocycles. The summed E-state index contributed by atoms with van der Waals surface area (Å²) in [4.78, 5) is 0. The Labute approximate surface area is 86.1 Å². The van der Waals surface area contributed by atoms with Crippen molar-refractivity contribution in [3.63, 3.8) is 0 Å². The van der Waals surface area contributed by atoms with Gasteiger partial charge in [-0.2, -0.15) is 0 Å². The summed E-state index contributed by atoms with van der Waals surface area (Å²) in [6, 6.07) is 8.02. The van der Waals surface area contributed by atoms with E-state index in [4.69, 9.17) is 10.5 Å². The van der Waals surface area contributed by atoms with Crippen LogP contribution in [0.2, 0.25) is 0 Å². The fourth-order valence-electron chi connectivity index (χ4n) is 1.30. The second-order valence-corrected chi connectivity index (χ2v) is 3.73.